The van der Waals surface area contributed by atoms with Crippen LogP contribution in [-0.4, -0.2) is 8.76 Å². The van der Waals surface area contributed by atoms with Crippen molar-refractivity contribution >= 4 is 11.1 Å². The molecule has 0 saturated carbocycles. The fourth-order valence-corrected chi connectivity index (χ4v) is 2.19. The zero-order chi connectivity index (χ0) is 9.84. The molecule has 3 heteroatoms. The van der Waals surface area contributed by atoms with Gasteiger partial charge in [0.1, 0.15) is 0 Å². The summed E-state index contributed by atoms with van der Waals surface area (Å²) in [5, 5.41) is 0. The molecule has 0 heterocycles. The van der Waals surface area contributed by atoms with Gasteiger partial charge in [0.15, 0.2) is 11.1 Å². The Bertz CT molecular complexity index is 321. The highest BCUT2D eigenvalue weighted by molar-refractivity contribution is 7.79. The fourth-order valence-electron chi connectivity index (χ4n) is 1.51. The van der Waals surface area contributed by atoms with E-state index in [0.29, 0.717) is 4.90 Å². The van der Waals surface area contributed by atoms with Crippen LogP contribution >= 0.6 is 0 Å². The molecule has 1 unspecified atom stereocenters. The molecule has 0 aliphatic heterocycles. The van der Waals surface area contributed by atoms with Crippen molar-refractivity contribution in [3.05, 3.63) is 29.3 Å². The van der Waals surface area contributed by atoms with E-state index in [4.69, 9.17) is 4.55 Å². The first-order valence-corrected chi connectivity index (χ1v) is 5.53. The van der Waals surface area contributed by atoms with E-state index in [1.165, 1.54) is 5.56 Å². The lowest BCUT2D eigenvalue weighted by atomic mass is 10.0. The monoisotopic (exact) mass is 198 g/mol. The number of benzene rings is 1. The molecule has 1 aromatic rings. The lowest BCUT2D eigenvalue weighted by molar-refractivity contribution is 0.563. The molecular formula is C10H14O2S. The van der Waals surface area contributed by atoms with E-state index < -0.39 is 11.1 Å². The van der Waals surface area contributed by atoms with Gasteiger partial charge in [0, 0.05) is 0 Å². The Morgan fingerprint density at radius 2 is 2.00 bits per heavy atom. The summed E-state index contributed by atoms with van der Waals surface area (Å²) >= 11 is -1.85. The Labute approximate surface area is 81.3 Å². The van der Waals surface area contributed by atoms with Gasteiger partial charge in [0.2, 0.25) is 0 Å². The summed E-state index contributed by atoms with van der Waals surface area (Å²) < 4.78 is 20.0. The van der Waals surface area contributed by atoms with E-state index in [1.807, 2.05) is 19.1 Å². The van der Waals surface area contributed by atoms with Crippen LogP contribution in [0, 0.1) is 0 Å². The van der Waals surface area contributed by atoms with Gasteiger partial charge in [-0.3, -0.25) is 0 Å². The summed E-state index contributed by atoms with van der Waals surface area (Å²) in [7, 11) is 0. The van der Waals surface area contributed by atoms with Crippen LogP contribution < -0.4 is 0 Å². The molecule has 0 amide bonds. The zero-order valence-corrected chi connectivity index (χ0v) is 8.73. The molecule has 0 aliphatic carbocycles. The SMILES string of the molecule is CCc1cccc(S(=O)O)c1CC. The Morgan fingerprint density at radius 1 is 1.31 bits per heavy atom. The largest absolute Gasteiger partial charge is 0.302 e. The topological polar surface area (TPSA) is 37.3 Å². The molecule has 1 atom stereocenters. The van der Waals surface area contributed by atoms with Gasteiger partial charge < -0.3 is 4.55 Å². The maximum absolute atomic E-state index is 11.0. The average Bonchev–Trinajstić information content (AvgIpc) is 2.16. The predicted octanol–water partition coefficient (Wildman–Crippen LogP) is 2.39. The third-order valence-corrected chi connectivity index (χ3v) is 2.91. The second kappa shape index (κ2) is 4.53. The third kappa shape index (κ3) is 2.17. The van der Waals surface area contributed by atoms with Crippen LogP contribution in [0.3, 0.4) is 0 Å². The van der Waals surface area contributed by atoms with Crippen molar-refractivity contribution < 1.29 is 8.76 Å². The summed E-state index contributed by atoms with van der Waals surface area (Å²) in [6.45, 7) is 4.06. The molecule has 72 valence electrons. The van der Waals surface area contributed by atoms with Gasteiger partial charge in [-0.25, -0.2) is 4.21 Å². The van der Waals surface area contributed by atoms with Crippen LogP contribution in [0.25, 0.3) is 0 Å². The molecule has 1 N–H and O–H groups in total. The Kier molecular flexibility index (Phi) is 3.63. The molecule has 1 rings (SSSR count). The number of hydrogen-bond donors (Lipinski definition) is 1. The van der Waals surface area contributed by atoms with Gasteiger partial charge in [-0.2, -0.15) is 0 Å². The smallest absolute Gasteiger partial charge is 0.186 e. The van der Waals surface area contributed by atoms with Crippen molar-refractivity contribution in [1.82, 2.24) is 0 Å². The van der Waals surface area contributed by atoms with Crippen molar-refractivity contribution in [3.8, 4) is 0 Å². The van der Waals surface area contributed by atoms with Crippen molar-refractivity contribution in [2.24, 2.45) is 0 Å². The van der Waals surface area contributed by atoms with Crippen molar-refractivity contribution in [3.63, 3.8) is 0 Å². The number of aryl methyl sites for hydroxylation is 1. The van der Waals surface area contributed by atoms with Crippen LogP contribution in [0.4, 0.5) is 0 Å². The highest BCUT2D eigenvalue weighted by Crippen LogP contribution is 2.18. The standard InChI is InChI=1S/C10H14O2S/c1-3-8-6-5-7-10(13(11)12)9(8)4-2/h5-7H,3-4H2,1-2H3,(H,11,12). The van der Waals surface area contributed by atoms with Crippen molar-refractivity contribution in [2.45, 2.75) is 31.6 Å². The molecule has 1 aromatic carbocycles. The summed E-state index contributed by atoms with van der Waals surface area (Å²) in [6.07, 6.45) is 1.72. The molecule has 13 heavy (non-hydrogen) atoms. The maximum atomic E-state index is 11.0. The second-order valence-electron chi connectivity index (χ2n) is 2.85. The lowest BCUT2D eigenvalue weighted by Gasteiger charge is -2.08. The van der Waals surface area contributed by atoms with Crippen molar-refractivity contribution in [2.75, 3.05) is 0 Å². The Hall–Kier alpha value is -0.670. The molecule has 0 spiro atoms. The van der Waals surface area contributed by atoms with E-state index in [-0.39, 0.29) is 0 Å². The first-order chi connectivity index (χ1) is 6.20. The lowest BCUT2D eigenvalue weighted by Crippen LogP contribution is -1.99. The molecule has 2 nitrogen and oxygen atoms in total. The quantitative estimate of drug-likeness (QED) is 0.757. The summed E-state index contributed by atoms with van der Waals surface area (Å²) in [6, 6.07) is 5.56. The highest BCUT2D eigenvalue weighted by Gasteiger charge is 2.08. The van der Waals surface area contributed by atoms with E-state index in [9.17, 15) is 4.21 Å². The molecule has 0 aromatic heterocycles. The van der Waals surface area contributed by atoms with E-state index in [2.05, 4.69) is 6.92 Å². The summed E-state index contributed by atoms with van der Waals surface area (Å²) in [4.78, 5) is 0.557. The minimum absolute atomic E-state index is 0.557. The van der Waals surface area contributed by atoms with Crippen molar-refractivity contribution in [1.29, 1.82) is 0 Å². The molecule has 0 bridgehead atoms. The molecule has 0 saturated heterocycles. The van der Waals surface area contributed by atoms with E-state index in [1.54, 1.807) is 6.07 Å². The van der Waals surface area contributed by atoms with Gasteiger partial charge in [-0.15, -0.1) is 0 Å². The Balaban J connectivity index is 3.27. The number of hydrogen-bond acceptors (Lipinski definition) is 1. The van der Waals surface area contributed by atoms with Gasteiger partial charge >= 0.3 is 0 Å². The third-order valence-electron chi connectivity index (χ3n) is 2.15. The van der Waals surface area contributed by atoms with Gasteiger partial charge in [0.25, 0.3) is 0 Å². The summed E-state index contributed by atoms with van der Waals surface area (Å²) in [5.74, 6) is 0. The van der Waals surface area contributed by atoms with Crippen LogP contribution in [0.15, 0.2) is 23.1 Å². The molecule has 0 fully saturated rings. The normalized spacial score (nSPS) is 12.8. The van der Waals surface area contributed by atoms with Gasteiger partial charge in [-0.05, 0) is 30.0 Å². The minimum Gasteiger partial charge on any atom is -0.302 e. The molecule has 0 radical (unpaired) electrons. The fraction of sp³-hybridized carbons (Fsp3) is 0.400. The summed E-state index contributed by atoms with van der Waals surface area (Å²) in [5.41, 5.74) is 2.19. The Morgan fingerprint density at radius 3 is 2.46 bits per heavy atom. The van der Waals surface area contributed by atoms with Gasteiger partial charge in [0.05, 0.1) is 4.90 Å². The van der Waals surface area contributed by atoms with Crippen LogP contribution in [-0.2, 0) is 23.9 Å². The zero-order valence-electron chi connectivity index (χ0n) is 7.91. The van der Waals surface area contributed by atoms with E-state index >= 15 is 0 Å². The minimum atomic E-state index is -1.85. The predicted molar refractivity (Wildman–Crippen MR) is 54.2 cm³/mol. The first-order valence-electron chi connectivity index (χ1n) is 4.42. The van der Waals surface area contributed by atoms with E-state index in [0.717, 1.165) is 18.4 Å². The van der Waals surface area contributed by atoms with Crippen LogP contribution in [0.2, 0.25) is 0 Å². The van der Waals surface area contributed by atoms with Crippen LogP contribution in [0.1, 0.15) is 25.0 Å². The average molecular weight is 198 g/mol. The van der Waals surface area contributed by atoms with Gasteiger partial charge in [-0.1, -0.05) is 26.0 Å². The second-order valence-corrected chi connectivity index (χ2v) is 3.79. The molecule has 0 aliphatic rings. The molecular weight excluding hydrogens is 184 g/mol. The maximum Gasteiger partial charge on any atom is 0.186 e. The highest BCUT2D eigenvalue weighted by atomic mass is 32.2. The first kappa shape index (κ1) is 10.4. The van der Waals surface area contributed by atoms with Crippen LogP contribution in [0.5, 0.6) is 0 Å². The number of rotatable bonds is 3.